The van der Waals surface area contributed by atoms with Gasteiger partial charge in [0.15, 0.2) is 0 Å². The van der Waals surface area contributed by atoms with Crippen molar-refractivity contribution in [2.75, 3.05) is 6.61 Å². The van der Waals surface area contributed by atoms with Gasteiger partial charge in [-0.25, -0.2) is 0 Å². The molecule has 10 heavy (non-hydrogen) atoms. The molecule has 0 aromatic rings. The maximum atomic E-state index is 5.78. The van der Waals surface area contributed by atoms with Crippen LogP contribution in [0.3, 0.4) is 0 Å². The Morgan fingerprint density at radius 3 is 2.20 bits per heavy atom. The van der Waals surface area contributed by atoms with Crippen molar-refractivity contribution in [3.63, 3.8) is 0 Å². The van der Waals surface area contributed by atoms with Gasteiger partial charge in [0.25, 0.3) is 0 Å². The van der Waals surface area contributed by atoms with Crippen molar-refractivity contribution in [1.29, 1.82) is 0 Å². The van der Waals surface area contributed by atoms with Gasteiger partial charge in [0.05, 0.1) is 5.60 Å². The molecule has 0 spiro atoms. The van der Waals surface area contributed by atoms with Gasteiger partial charge in [-0.2, -0.15) is 0 Å². The standard InChI is InChI=1S/C7H16O2Si/c1-7(2)5-6-8-10(3,4)9-7/h5-6H2,1-4H3. The highest BCUT2D eigenvalue weighted by molar-refractivity contribution is 6.64. The van der Waals surface area contributed by atoms with E-state index in [0.717, 1.165) is 13.0 Å². The van der Waals surface area contributed by atoms with Gasteiger partial charge in [-0.1, -0.05) is 0 Å². The molecule has 0 aromatic carbocycles. The van der Waals surface area contributed by atoms with Crippen LogP contribution in [0.4, 0.5) is 0 Å². The van der Waals surface area contributed by atoms with Crippen LogP contribution in [0, 0.1) is 0 Å². The molecule has 1 fully saturated rings. The second kappa shape index (κ2) is 2.32. The Kier molecular flexibility index (Phi) is 1.91. The Balaban J connectivity index is 2.56. The molecule has 0 aliphatic carbocycles. The fourth-order valence-corrected chi connectivity index (χ4v) is 3.37. The van der Waals surface area contributed by atoms with E-state index in [4.69, 9.17) is 8.85 Å². The molecule has 0 aromatic heterocycles. The first-order valence-corrected chi connectivity index (χ1v) is 6.57. The van der Waals surface area contributed by atoms with Crippen LogP contribution in [0.2, 0.25) is 13.1 Å². The van der Waals surface area contributed by atoms with Crippen molar-refractivity contribution in [2.45, 2.75) is 39.0 Å². The van der Waals surface area contributed by atoms with Crippen LogP contribution in [0.5, 0.6) is 0 Å². The van der Waals surface area contributed by atoms with Crippen LogP contribution >= 0.6 is 0 Å². The molecule has 0 bridgehead atoms. The van der Waals surface area contributed by atoms with Gasteiger partial charge in [-0.05, 0) is 33.4 Å². The highest BCUT2D eigenvalue weighted by atomic mass is 28.4. The summed E-state index contributed by atoms with van der Waals surface area (Å²) in [6, 6.07) is 0. The maximum absolute atomic E-state index is 5.78. The van der Waals surface area contributed by atoms with Crippen LogP contribution in [0.1, 0.15) is 20.3 Å². The lowest BCUT2D eigenvalue weighted by molar-refractivity contribution is -0.00642. The molecule has 1 aliphatic rings. The van der Waals surface area contributed by atoms with Gasteiger partial charge in [0, 0.05) is 6.61 Å². The van der Waals surface area contributed by atoms with Crippen molar-refractivity contribution < 1.29 is 8.85 Å². The number of hydrogen-bond acceptors (Lipinski definition) is 2. The highest BCUT2D eigenvalue weighted by Gasteiger charge is 2.37. The van der Waals surface area contributed by atoms with Crippen LogP contribution in [-0.4, -0.2) is 20.8 Å². The van der Waals surface area contributed by atoms with Gasteiger partial charge in [0.1, 0.15) is 0 Å². The van der Waals surface area contributed by atoms with Gasteiger partial charge in [-0.3, -0.25) is 0 Å². The summed E-state index contributed by atoms with van der Waals surface area (Å²) in [5, 5.41) is 0. The third-order valence-electron chi connectivity index (χ3n) is 1.68. The lowest BCUT2D eigenvalue weighted by Crippen LogP contribution is -2.49. The van der Waals surface area contributed by atoms with Crippen molar-refractivity contribution in [1.82, 2.24) is 0 Å². The first kappa shape index (κ1) is 8.24. The van der Waals surface area contributed by atoms with Crippen molar-refractivity contribution >= 4 is 8.56 Å². The average Bonchev–Trinajstić information content (AvgIpc) is 1.56. The van der Waals surface area contributed by atoms with Crippen molar-refractivity contribution in [3.8, 4) is 0 Å². The first-order chi connectivity index (χ1) is 4.41. The molecule has 0 unspecified atom stereocenters. The summed E-state index contributed by atoms with van der Waals surface area (Å²) in [6.07, 6.45) is 1.02. The van der Waals surface area contributed by atoms with E-state index in [1.165, 1.54) is 0 Å². The second-order valence-electron chi connectivity index (χ2n) is 3.86. The topological polar surface area (TPSA) is 18.5 Å². The zero-order valence-corrected chi connectivity index (χ0v) is 8.23. The van der Waals surface area contributed by atoms with E-state index < -0.39 is 8.56 Å². The molecule has 0 atom stereocenters. The summed E-state index contributed by atoms with van der Waals surface area (Å²) in [4.78, 5) is 0. The lowest BCUT2D eigenvalue weighted by Gasteiger charge is -2.39. The fraction of sp³-hybridized carbons (Fsp3) is 1.00. The molecule has 0 radical (unpaired) electrons. The van der Waals surface area contributed by atoms with E-state index in [9.17, 15) is 0 Å². The zero-order valence-electron chi connectivity index (χ0n) is 7.23. The summed E-state index contributed by atoms with van der Waals surface area (Å²) >= 11 is 0. The summed E-state index contributed by atoms with van der Waals surface area (Å²) in [6.45, 7) is 9.31. The van der Waals surface area contributed by atoms with Crippen molar-refractivity contribution in [3.05, 3.63) is 0 Å². The normalized spacial score (nSPS) is 30.0. The molecule has 2 nitrogen and oxygen atoms in total. The molecule has 0 amide bonds. The zero-order chi connectivity index (χ0) is 7.83. The Hall–Kier alpha value is 0.137. The SMILES string of the molecule is CC1(C)CCO[Si](C)(C)O1. The summed E-state index contributed by atoms with van der Waals surface area (Å²) in [5.74, 6) is 0. The molecule has 0 saturated carbocycles. The molecular formula is C7H16O2Si. The smallest absolute Gasteiger partial charge is 0.332 e. The molecule has 1 aliphatic heterocycles. The van der Waals surface area contributed by atoms with E-state index in [1.807, 2.05) is 0 Å². The number of rotatable bonds is 0. The van der Waals surface area contributed by atoms with E-state index in [-0.39, 0.29) is 5.60 Å². The summed E-state index contributed by atoms with van der Waals surface area (Å²) in [5.41, 5.74) is 0.0496. The molecule has 1 rings (SSSR count). The van der Waals surface area contributed by atoms with E-state index in [2.05, 4.69) is 26.9 Å². The quantitative estimate of drug-likeness (QED) is 0.504. The molecule has 1 heterocycles. The Bertz CT molecular complexity index is 118. The van der Waals surface area contributed by atoms with Gasteiger partial charge in [0.2, 0.25) is 0 Å². The molecule has 3 heteroatoms. The van der Waals surface area contributed by atoms with Gasteiger partial charge >= 0.3 is 8.56 Å². The van der Waals surface area contributed by atoms with E-state index in [1.54, 1.807) is 0 Å². The average molecular weight is 160 g/mol. The van der Waals surface area contributed by atoms with Crippen LogP contribution in [0.25, 0.3) is 0 Å². The highest BCUT2D eigenvalue weighted by Crippen LogP contribution is 2.26. The Labute approximate surface area is 63.8 Å². The summed E-state index contributed by atoms with van der Waals surface area (Å²) < 4.78 is 11.3. The fourth-order valence-electron chi connectivity index (χ4n) is 1.29. The predicted molar refractivity (Wildman–Crippen MR) is 43.2 cm³/mol. The minimum Gasteiger partial charge on any atom is -0.394 e. The second-order valence-corrected chi connectivity index (χ2v) is 7.15. The Morgan fingerprint density at radius 1 is 1.30 bits per heavy atom. The minimum atomic E-state index is -1.73. The monoisotopic (exact) mass is 160 g/mol. The molecule has 0 N–H and O–H groups in total. The first-order valence-electron chi connectivity index (χ1n) is 3.75. The molecular weight excluding hydrogens is 144 g/mol. The van der Waals surface area contributed by atoms with Crippen LogP contribution < -0.4 is 0 Å². The number of hydrogen-bond donors (Lipinski definition) is 0. The lowest BCUT2D eigenvalue weighted by atomic mass is 10.1. The minimum absolute atomic E-state index is 0.0496. The largest absolute Gasteiger partial charge is 0.394 e. The van der Waals surface area contributed by atoms with Crippen LogP contribution in [0.15, 0.2) is 0 Å². The van der Waals surface area contributed by atoms with Gasteiger partial charge in [-0.15, -0.1) is 0 Å². The summed E-state index contributed by atoms with van der Waals surface area (Å²) in [7, 11) is -1.73. The van der Waals surface area contributed by atoms with Gasteiger partial charge < -0.3 is 8.85 Å². The molecule has 60 valence electrons. The van der Waals surface area contributed by atoms with E-state index in [0.29, 0.717) is 0 Å². The third-order valence-corrected chi connectivity index (χ3v) is 3.62. The van der Waals surface area contributed by atoms with E-state index >= 15 is 0 Å². The predicted octanol–water partition coefficient (Wildman–Crippen LogP) is 1.90. The third kappa shape index (κ3) is 2.07. The van der Waals surface area contributed by atoms with Crippen LogP contribution in [-0.2, 0) is 8.85 Å². The maximum Gasteiger partial charge on any atom is 0.332 e. The Morgan fingerprint density at radius 2 is 1.90 bits per heavy atom. The molecule has 1 saturated heterocycles. The van der Waals surface area contributed by atoms with Crippen molar-refractivity contribution in [2.24, 2.45) is 0 Å².